The molecule has 2 aromatic carbocycles. The van der Waals surface area contributed by atoms with Crippen molar-refractivity contribution in [3.05, 3.63) is 76.6 Å². The fourth-order valence-electron chi connectivity index (χ4n) is 3.15. The first-order valence-electron chi connectivity index (χ1n) is 9.66. The summed E-state index contributed by atoms with van der Waals surface area (Å²) in [5.74, 6) is 3.13. The molecule has 7 heteroatoms. The topological polar surface area (TPSA) is 49.2 Å². The van der Waals surface area contributed by atoms with Crippen molar-refractivity contribution in [1.82, 2.24) is 14.8 Å². The highest BCUT2D eigenvalue weighted by atomic mass is 35.5. The Morgan fingerprint density at radius 1 is 1.17 bits per heavy atom. The number of aryl methyl sites for hydroxylation is 2. The summed E-state index contributed by atoms with van der Waals surface area (Å²) < 4.78 is 13.5. The van der Waals surface area contributed by atoms with Gasteiger partial charge in [-0.25, -0.2) is 0 Å². The average Bonchev–Trinajstić information content (AvgIpc) is 3.13. The van der Waals surface area contributed by atoms with Crippen molar-refractivity contribution < 1.29 is 9.47 Å². The number of methoxy groups -OCH3 is 1. The fraction of sp³-hybridized carbons (Fsp3) is 0.304. The molecule has 0 aliphatic carbocycles. The lowest BCUT2D eigenvalue weighted by Gasteiger charge is -2.17. The van der Waals surface area contributed by atoms with E-state index in [4.69, 9.17) is 21.1 Å². The molecule has 0 saturated heterocycles. The number of aromatic nitrogens is 3. The molecule has 1 atom stereocenters. The third-order valence-corrected chi connectivity index (χ3v) is 6.28. The summed E-state index contributed by atoms with van der Waals surface area (Å²) in [6.07, 6.45) is 1.56. The van der Waals surface area contributed by atoms with Crippen molar-refractivity contribution in [2.75, 3.05) is 7.11 Å². The minimum atomic E-state index is -0.274. The van der Waals surface area contributed by atoms with Crippen LogP contribution in [-0.2, 0) is 12.3 Å². The zero-order valence-corrected chi connectivity index (χ0v) is 19.3. The van der Waals surface area contributed by atoms with Crippen molar-refractivity contribution in [2.24, 2.45) is 0 Å². The van der Waals surface area contributed by atoms with Crippen molar-refractivity contribution in [3.8, 4) is 11.5 Å². The first-order valence-corrected chi connectivity index (χ1v) is 11.0. The number of hydrogen-bond donors (Lipinski definition) is 0. The van der Waals surface area contributed by atoms with Crippen molar-refractivity contribution in [2.45, 2.75) is 44.3 Å². The van der Waals surface area contributed by atoms with Crippen LogP contribution in [0.3, 0.4) is 0 Å². The average molecular weight is 444 g/mol. The Bertz CT molecular complexity index is 1010. The molecule has 0 saturated carbocycles. The largest absolute Gasteiger partial charge is 0.497 e. The Kier molecular flexibility index (Phi) is 7.45. The van der Waals surface area contributed by atoms with Gasteiger partial charge in [-0.15, -0.1) is 16.8 Å². The zero-order chi connectivity index (χ0) is 21.7. The fourth-order valence-corrected chi connectivity index (χ4v) is 4.16. The molecule has 1 heterocycles. The van der Waals surface area contributed by atoms with Crippen LogP contribution < -0.4 is 9.47 Å². The maximum Gasteiger partial charge on any atom is 0.191 e. The molecule has 3 aromatic rings. The SMILES string of the molecule is C=CCn1c(SCc2cccc(OC)c2)nnc1C(C)Oc1cc(C)c(Cl)c(C)c1. The second-order valence-corrected chi connectivity index (χ2v) is 8.33. The van der Waals surface area contributed by atoms with Gasteiger partial charge in [0.15, 0.2) is 17.1 Å². The highest BCUT2D eigenvalue weighted by molar-refractivity contribution is 7.98. The molecule has 158 valence electrons. The Morgan fingerprint density at radius 3 is 2.57 bits per heavy atom. The summed E-state index contributed by atoms with van der Waals surface area (Å²) in [5.41, 5.74) is 3.13. The van der Waals surface area contributed by atoms with Gasteiger partial charge in [0.1, 0.15) is 11.5 Å². The molecule has 0 radical (unpaired) electrons. The normalized spacial score (nSPS) is 11.9. The van der Waals surface area contributed by atoms with Crippen molar-refractivity contribution in [3.63, 3.8) is 0 Å². The highest BCUT2D eigenvalue weighted by Crippen LogP contribution is 2.30. The van der Waals surface area contributed by atoms with Crippen LogP contribution in [-0.4, -0.2) is 21.9 Å². The molecule has 3 rings (SSSR count). The molecule has 0 aliphatic rings. The zero-order valence-electron chi connectivity index (χ0n) is 17.7. The van der Waals surface area contributed by atoms with Crippen LogP contribution in [0.25, 0.3) is 0 Å². The Hall–Kier alpha value is -2.44. The van der Waals surface area contributed by atoms with Crippen LogP contribution in [0.2, 0.25) is 5.02 Å². The minimum Gasteiger partial charge on any atom is -0.497 e. The lowest BCUT2D eigenvalue weighted by molar-refractivity contribution is 0.210. The quantitative estimate of drug-likeness (QED) is 0.292. The van der Waals surface area contributed by atoms with E-state index < -0.39 is 0 Å². The Balaban J connectivity index is 1.78. The van der Waals surface area contributed by atoms with Gasteiger partial charge in [-0.3, -0.25) is 4.57 Å². The van der Waals surface area contributed by atoms with Gasteiger partial charge < -0.3 is 9.47 Å². The summed E-state index contributed by atoms with van der Waals surface area (Å²) in [7, 11) is 1.67. The van der Waals surface area contributed by atoms with Gasteiger partial charge in [0.2, 0.25) is 0 Å². The molecule has 5 nitrogen and oxygen atoms in total. The lowest BCUT2D eigenvalue weighted by Crippen LogP contribution is -2.12. The van der Waals surface area contributed by atoms with Crippen LogP contribution >= 0.6 is 23.4 Å². The number of benzene rings is 2. The van der Waals surface area contributed by atoms with Crippen LogP contribution in [0.15, 0.2) is 54.2 Å². The van der Waals surface area contributed by atoms with Gasteiger partial charge in [0, 0.05) is 17.3 Å². The second kappa shape index (κ2) is 10.0. The monoisotopic (exact) mass is 443 g/mol. The molecule has 0 fully saturated rings. The second-order valence-electron chi connectivity index (χ2n) is 7.01. The number of rotatable bonds is 9. The molecule has 0 spiro atoms. The summed E-state index contributed by atoms with van der Waals surface area (Å²) >= 11 is 7.90. The molecular formula is C23H26ClN3O2S. The first kappa shape index (κ1) is 22.2. The summed E-state index contributed by atoms with van der Waals surface area (Å²) in [6.45, 7) is 10.4. The summed E-state index contributed by atoms with van der Waals surface area (Å²) in [5, 5.41) is 10.4. The standard InChI is InChI=1S/C23H26ClN3O2S/c1-6-10-27-22(17(4)29-20-11-15(2)21(24)16(3)12-20)25-26-23(27)30-14-18-8-7-9-19(13-18)28-5/h6-9,11-13,17H,1,10,14H2,2-5H3. The minimum absolute atomic E-state index is 0.274. The smallest absolute Gasteiger partial charge is 0.191 e. The number of ether oxygens (including phenoxy) is 2. The first-order chi connectivity index (χ1) is 14.4. The molecule has 0 aliphatic heterocycles. The maximum atomic E-state index is 6.27. The van der Waals surface area contributed by atoms with E-state index in [0.29, 0.717) is 6.54 Å². The van der Waals surface area contributed by atoms with Gasteiger partial charge in [0.05, 0.1) is 7.11 Å². The number of thioether (sulfide) groups is 1. The summed E-state index contributed by atoms with van der Waals surface area (Å²) in [6, 6.07) is 11.9. The van der Waals surface area contributed by atoms with Gasteiger partial charge in [0.25, 0.3) is 0 Å². The predicted molar refractivity (Wildman–Crippen MR) is 123 cm³/mol. The highest BCUT2D eigenvalue weighted by Gasteiger charge is 2.19. The van der Waals surface area contributed by atoms with Crippen molar-refractivity contribution >= 4 is 23.4 Å². The van der Waals surface area contributed by atoms with Crippen LogP contribution in [0, 0.1) is 13.8 Å². The molecule has 0 amide bonds. The van der Waals surface area contributed by atoms with E-state index in [1.165, 1.54) is 0 Å². The van der Waals surface area contributed by atoms with E-state index in [1.54, 1.807) is 18.9 Å². The van der Waals surface area contributed by atoms with Crippen LogP contribution in [0.1, 0.15) is 35.5 Å². The van der Waals surface area contributed by atoms with Gasteiger partial charge in [-0.2, -0.15) is 0 Å². The lowest BCUT2D eigenvalue weighted by atomic mass is 10.1. The third-order valence-electron chi connectivity index (χ3n) is 4.65. The van der Waals surface area contributed by atoms with E-state index in [9.17, 15) is 0 Å². The number of hydrogen-bond acceptors (Lipinski definition) is 5. The van der Waals surface area contributed by atoms with Gasteiger partial charge in [-0.1, -0.05) is 41.6 Å². The van der Waals surface area contributed by atoms with E-state index in [1.807, 2.05) is 61.7 Å². The molecule has 1 aromatic heterocycles. The predicted octanol–water partition coefficient (Wildman–Crippen LogP) is 6.18. The van der Waals surface area contributed by atoms with Gasteiger partial charge >= 0.3 is 0 Å². The number of nitrogens with zero attached hydrogens (tertiary/aromatic N) is 3. The van der Waals surface area contributed by atoms with Crippen LogP contribution in [0.5, 0.6) is 11.5 Å². The summed E-state index contributed by atoms with van der Waals surface area (Å²) in [4.78, 5) is 0. The van der Waals surface area contributed by atoms with Crippen LogP contribution in [0.4, 0.5) is 0 Å². The van der Waals surface area contributed by atoms with E-state index in [2.05, 4.69) is 22.8 Å². The Morgan fingerprint density at radius 2 is 1.90 bits per heavy atom. The number of halogens is 1. The third kappa shape index (κ3) is 5.18. The Labute approximate surface area is 187 Å². The maximum absolute atomic E-state index is 6.27. The molecule has 0 N–H and O–H groups in total. The van der Waals surface area contributed by atoms with Crippen molar-refractivity contribution in [1.29, 1.82) is 0 Å². The molecule has 1 unspecified atom stereocenters. The molecular weight excluding hydrogens is 418 g/mol. The molecule has 0 bridgehead atoms. The molecule has 30 heavy (non-hydrogen) atoms. The van der Waals surface area contributed by atoms with E-state index in [0.717, 1.165) is 49.9 Å². The van der Waals surface area contributed by atoms with Gasteiger partial charge in [-0.05, 0) is 61.7 Å². The number of allylic oxidation sites excluding steroid dienone is 1. The van der Waals surface area contributed by atoms with E-state index in [-0.39, 0.29) is 6.10 Å². The van der Waals surface area contributed by atoms with E-state index >= 15 is 0 Å².